The van der Waals surface area contributed by atoms with Crippen molar-refractivity contribution in [2.24, 2.45) is 5.41 Å². The molecule has 3 rings (SSSR count). The van der Waals surface area contributed by atoms with Crippen LogP contribution in [0.2, 0.25) is 0 Å². The Labute approximate surface area is 164 Å². The maximum Gasteiger partial charge on any atom is 0.263 e. The lowest BCUT2D eigenvalue weighted by atomic mass is 9.90. The minimum atomic E-state index is -0.198. The first-order chi connectivity index (χ1) is 12.7. The zero-order chi connectivity index (χ0) is 19.8. The number of hydrogen-bond acceptors (Lipinski definition) is 5. The highest BCUT2D eigenvalue weighted by molar-refractivity contribution is 7.21. The average molecular weight is 389 g/mol. The molecule has 0 aromatic carbocycles. The third-order valence-electron chi connectivity index (χ3n) is 4.89. The Morgan fingerprint density at radius 2 is 2.07 bits per heavy atom. The van der Waals surface area contributed by atoms with Gasteiger partial charge in [0.15, 0.2) is 0 Å². The molecular formula is C20H28N4O2S. The minimum Gasteiger partial charge on any atom is -0.397 e. The van der Waals surface area contributed by atoms with Gasteiger partial charge in [0, 0.05) is 25.4 Å². The van der Waals surface area contributed by atoms with E-state index in [1.165, 1.54) is 11.3 Å². The van der Waals surface area contributed by atoms with E-state index < -0.39 is 0 Å². The number of nitrogens with zero attached hydrogens (tertiary/aromatic N) is 2. The molecule has 2 amide bonds. The van der Waals surface area contributed by atoms with Crippen LogP contribution in [0.1, 0.15) is 67.9 Å². The lowest BCUT2D eigenvalue weighted by Gasteiger charge is -2.37. The van der Waals surface area contributed by atoms with Gasteiger partial charge in [0.1, 0.15) is 9.71 Å². The number of pyridine rings is 1. The first-order valence-electron chi connectivity index (χ1n) is 9.42. The van der Waals surface area contributed by atoms with E-state index in [0.29, 0.717) is 17.0 Å². The second-order valence-corrected chi connectivity index (χ2v) is 9.35. The Morgan fingerprint density at radius 1 is 1.33 bits per heavy atom. The van der Waals surface area contributed by atoms with Crippen LogP contribution in [-0.4, -0.2) is 35.3 Å². The van der Waals surface area contributed by atoms with Crippen molar-refractivity contribution in [2.75, 3.05) is 19.3 Å². The van der Waals surface area contributed by atoms with Gasteiger partial charge in [-0.1, -0.05) is 20.8 Å². The van der Waals surface area contributed by atoms with E-state index in [1.807, 2.05) is 17.0 Å². The molecule has 1 fully saturated rings. The first kappa shape index (κ1) is 19.6. The number of rotatable bonds is 3. The Balaban J connectivity index is 1.94. The second kappa shape index (κ2) is 7.46. The molecule has 0 bridgehead atoms. The summed E-state index contributed by atoms with van der Waals surface area (Å²) < 4.78 is 0. The molecular weight excluding hydrogens is 360 g/mol. The number of anilines is 1. The molecule has 1 aliphatic heterocycles. The molecule has 146 valence electrons. The number of carbonyl (C=O) groups is 2. The predicted molar refractivity (Wildman–Crippen MR) is 110 cm³/mol. The Hall–Kier alpha value is -2.15. The van der Waals surface area contributed by atoms with Crippen LogP contribution in [0.25, 0.3) is 10.2 Å². The lowest BCUT2D eigenvalue weighted by Crippen LogP contribution is -2.40. The number of likely N-dealkylation sites (tertiary alicyclic amines) is 1. The third-order valence-corrected chi connectivity index (χ3v) is 6.01. The van der Waals surface area contributed by atoms with Gasteiger partial charge < -0.3 is 16.0 Å². The molecule has 2 aromatic heterocycles. The van der Waals surface area contributed by atoms with E-state index in [-0.39, 0.29) is 23.3 Å². The maximum absolute atomic E-state index is 12.9. The smallest absolute Gasteiger partial charge is 0.263 e. The number of amides is 2. The molecule has 1 aliphatic rings. The summed E-state index contributed by atoms with van der Waals surface area (Å²) in [6.45, 7) is 7.03. The summed E-state index contributed by atoms with van der Waals surface area (Å²) in [7, 11) is 1.59. The van der Waals surface area contributed by atoms with Crippen LogP contribution >= 0.6 is 11.3 Å². The van der Waals surface area contributed by atoms with Gasteiger partial charge in [0.05, 0.1) is 17.4 Å². The van der Waals surface area contributed by atoms with E-state index in [2.05, 4.69) is 26.1 Å². The fourth-order valence-electron chi connectivity index (χ4n) is 3.57. The van der Waals surface area contributed by atoms with Crippen molar-refractivity contribution in [3.05, 3.63) is 22.7 Å². The molecule has 1 atom stereocenters. The van der Waals surface area contributed by atoms with Crippen LogP contribution in [0.3, 0.4) is 0 Å². The largest absolute Gasteiger partial charge is 0.397 e. The fraction of sp³-hybridized carbons (Fsp3) is 0.550. The number of nitrogens with one attached hydrogen (secondary N) is 1. The Bertz CT molecular complexity index is 869. The molecule has 1 unspecified atom stereocenters. The quantitative estimate of drug-likeness (QED) is 0.838. The molecule has 0 aliphatic carbocycles. The monoisotopic (exact) mass is 388 g/mol. The van der Waals surface area contributed by atoms with Crippen LogP contribution in [0, 0.1) is 5.41 Å². The van der Waals surface area contributed by atoms with Crippen molar-refractivity contribution in [3.63, 3.8) is 0 Å². The summed E-state index contributed by atoms with van der Waals surface area (Å²) in [6.07, 6.45) is 3.55. The highest BCUT2D eigenvalue weighted by Crippen LogP contribution is 2.37. The number of aromatic nitrogens is 1. The Kier molecular flexibility index (Phi) is 5.42. The average Bonchev–Trinajstić information content (AvgIpc) is 2.96. The highest BCUT2D eigenvalue weighted by atomic mass is 32.1. The third kappa shape index (κ3) is 4.08. The zero-order valence-corrected chi connectivity index (χ0v) is 17.3. The molecule has 1 saturated heterocycles. The molecule has 0 radical (unpaired) electrons. The van der Waals surface area contributed by atoms with Crippen LogP contribution in [0.15, 0.2) is 12.1 Å². The van der Waals surface area contributed by atoms with E-state index >= 15 is 0 Å². The topological polar surface area (TPSA) is 88.3 Å². The molecule has 7 heteroatoms. The summed E-state index contributed by atoms with van der Waals surface area (Å²) in [5, 5.41) is 3.41. The summed E-state index contributed by atoms with van der Waals surface area (Å²) >= 11 is 1.30. The van der Waals surface area contributed by atoms with Crippen molar-refractivity contribution >= 4 is 39.1 Å². The van der Waals surface area contributed by atoms with Gasteiger partial charge in [-0.2, -0.15) is 0 Å². The molecule has 2 aromatic rings. The van der Waals surface area contributed by atoms with Gasteiger partial charge in [-0.25, -0.2) is 4.98 Å². The number of carbonyl (C=O) groups excluding carboxylic acids is 2. The molecule has 0 spiro atoms. The van der Waals surface area contributed by atoms with Gasteiger partial charge in [-0.3, -0.25) is 9.59 Å². The molecule has 27 heavy (non-hydrogen) atoms. The first-order valence-corrected chi connectivity index (χ1v) is 10.2. The van der Waals surface area contributed by atoms with Crippen molar-refractivity contribution < 1.29 is 9.59 Å². The van der Waals surface area contributed by atoms with Crippen LogP contribution in [0.4, 0.5) is 5.69 Å². The predicted octanol–water partition coefficient (Wildman–Crippen LogP) is 3.73. The standard InChI is InChI=1S/C20H28N4O2S/c1-20(2,3)11-15(25)24-10-6-5-7-14(24)13-9-8-12-16(21)17(18(26)22-4)27-19(12)23-13/h8-9,14H,5-7,10-11,21H2,1-4H3,(H,22,26). The van der Waals surface area contributed by atoms with Crippen LogP contribution < -0.4 is 11.1 Å². The van der Waals surface area contributed by atoms with Crippen molar-refractivity contribution in [3.8, 4) is 0 Å². The van der Waals surface area contributed by atoms with E-state index in [1.54, 1.807) is 7.05 Å². The maximum atomic E-state index is 12.9. The number of piperidine rings is 1. The summed E-state index contributed by atoms with van der Waals surface area (Å²) in [5.41, 5.74) is 7.45. The number of hydrogen-bond donors (Lipinski definition) is 2. The highest BCUT2D eigenvalue weighted by Gasteiger charge is 2.31. The number of nitrogens with two attached hydrogens (primary N) is 1. The van der Waals surface area contributed by atoms with Gasteiger partial charge in [-0.05, 0) is 36.8 Å². The van der Waals surface area contributed by atoms with Gasteiger partial charge in [-0.15, -0.1) is 11.3 Å². The normalized spacial score (nSPS) is 17.9. The Morgan fingerprint density at radius 3 is 2.74 bits per heavy atom. The van der Waals surface area contributed by atoms with Crippen molar-refractivity contribution in [2.45, 2.75) is 52.5 Å². The van der Waals surface area contributed by atoms with Crippen LogP contribution in [0.5, 0.6) is 0 Å². The van der Waals surface area contributed by atoms with Gasteiger partial charge in [0.2, 0.25) is 5.91 Å². The van der Waals surface area contributed by atoms with E-state index in [0.717, 1.165) is 41.7 Å². The fourth-order valence-corrected chi connectivity index (χ4v) is 4.62. The summed E-state index contributed by atoms with van der Waals surface area (Å²) in [5.74, 6) is -0.0115. The summed E-state index contributed by atoms with van der Waals surface area (Å²) in [6, 6.07) is 3.87. The zero-order valence-electron chi connectivity index (χ0n) is 16.5. The van der Waals surface area contributed by atoms with Gasteiger partial charge in [0.25, 0.3) is 5.91 Å². The van der Waals surface area contributed by atoms with E-state index in [4.69, 9.17) is 10.7 Å². The summed E-state index contributed by atoms with van der Waals surface area (Å²) in [4.78, 5) is 32.9. The molecule has 3 heterocycles. The molecule has 6 nitrogen and oxygen atoms in total. The second-order valence-electron chi connectivity index (χ2n) is 8.35. The minimum absolute atomic E-state index is 0.00947. The van der Waals surface area contributed by atoms with Crippen LogP contribution in [-0.2, 0) is 4.79 Å². The lowest BCUT2D eigenvalue weighted by molar-refractivity contribution is -0.137. The number of thiophene rings is 1. The van der Waals surface area contributed by atoms with Crippen molar-refractivity contribution in [1.82, 2.24) is 15.2 Å². The molecule has 3 N–H and O–H groups in total. The SMILES string of the molecule is CNC(=O)c1sc2nc(C3CCCCN3C(=O)CC(C)(C)C)ccc2c1N. The van der Waals surface area contributed by atoms with E-state index in [9.17, 15) is 9.59 Å². The number of nitrogen functional groups attached to an aromatic ring is 1. The van der Waals surface area contributed by atoms with Gasteiger partial charge >= 0.3 is 0 Å². The number of fused-ring (bicyclic) bond motifs is 1. The van der Waals surface area contributed by atoms with Crippen molar-refractivity contribution in [1.29, 1.82) is 0 Å². The molecule has 0 saturated carbocycles.